The average molecular weight is 331 g/mol. The van der Waals surface area contributed by atoms with Crippen molar-refractivity contribution in [3.63, 3.8) is 0 Å². The number of nitrogens with zero attached hydrogens (tertiary/aromatic N) is 1. The van der Waals surface area contributed by atoms with E-state index in [0.29, 0.717) is 6.04 Å². The molecule has 1 fully saturated rings. The van der Waals surface area contributed by atoms with Crippen molar-refractivity contribution in [2.75, 3.05) is 19.6 Å². The van der Waals surface area contributed by atoms with E-state index in [1.807, 2.05) is 20.8 Å². The Morgan fingerprint density at radius 1 is 1.29 bits per heavy atom. The third-order valence-electron chi connectivity index (χ3n) is 4.78. The molecule has 2 aliphatic rings. The number of hydrogen-bond acceptors (Lipinski definition) is 4. The molecule has 24 heavy (non-hydrogen) atoms. The van der Waals surface area contributed by atoms with Gasteiger partial charge in [-0.3, -0.25) is 4.90 Å². The molecule has 1 saturated heterocycles. The van der Waals surface area contributed by atoms with Crippen LogP contribution in [0.3, 0.4) is 0 Å². The second kappa shape index (κ2) is 7.11. The Hall–Kier alpha value is -1.59. The number of rotatable bonds is 2. The first-order chi connectivity index (χ1) is 11.4. The molecule has 1 aromatic carbocycles. The summed E-state index contributed by atoms with van der Waals surface area (Å²) in [7, 11) is 0. The van der Waals surface area contributed by atoms with Crippen LogP contribution in [0.5, 0.6) is 0 Å². The molecule has 0 spiro atoms. The summed E-state index contributed by atoms with van der Waals surface area (Å²) in [6, 6.07) is 9.11. The fraction of sp³-hybridized carbons (Fsp3) is 0.632. The number of carbonyl (C=O) groups excluding carboxylic acids is 1. The molecule has 1 amide bonds. The Kier molecular flexibility index (Phi) is 5.11. The van der Waals surface area contributed by atoms with Crippen LogP contribution in [0.25, 0.3) is 0 Å². The summed E-state index contributed by atoms with van der Waals surface area (Å²) in [5.41, 5.74) is 2.41. The molecule has 2 N–H and O–H groups in total. The molecule has 2 unspecified atom stereocenters. The summed E-state index contributed by atoms with van der Waals surface area (Å²) in [5, 5.41) is 6.48. The van der Waals surface area contributed by atoms with Crippen LogP contribution >= 0.6 is 0 Å². The Bertz CT molecular complexity index is 582. The number of alkyl carbamates (subject to hydrolysis) is 1. The van der Waals surface area contributed by atoms with E-state index in [4.69, 9.17) is 4.74 Å². The van der Waals surface area contributed by atoms with Crippen LogP contribution in [0.4, 0.5) is 4.79 Å². The van der Waals surface area contributed by atoms with Gasteiger partial charge in [0.2, 0.25) is 0 Å². The van der Waals surface area contributed by atoms with Crippen LogP contribution in [0.1, 0.15) is 38.3 Å². The minimum absolute atomic E-state index is 0.0823. The summed E-state index contributed by atoms with van der Waals surface area (Å²) in [6.45, 7) is 9.49. The van der Waals surface area contributed by atoms with Gasteiger partial charge in [0.1, 0.15) is 5.60 Å². The van der Waals surface area contributed by atoms with Crippen molar-refractivity contribution in [1.29, 1.82) is 0 Å². The maximum absolute atomic E-state index is 12.2. The highest BCUT2D eigenvalue weighted by atomic mass is 16.6. The van der Waals surface area contributed by atoms with Gasteiger partial charge >= 0.3 is 6.09 Å². The molecule has 5 nitrogen and oxygen atoms in total. The van der Waals surface area contributed by atoms with Crippen LogP contribution < -0.4 is 10.6 Å². The van der Waals surface area contributed by atoms with Crippen molar-refractivity contribution in [3.05, 3.63) is 35.4 Å². The lowest BCUT2D eigenvalue weighted by Crippen LogP contribution is -2.60. The molecule has 3 rings (SSSR count). The molecular weight excluding hydrogens is 302 g/mol. The van der Waals surface area contributed by atoms with Crippen molar-refractivity contribution in [3.8, 4) is 0 Å². The number of fused-ring (bicyclic) bond motifs is 1. The molecule has 0 saturated carbocycles. The fourth-order valence-electron chi connectivity index (χ4n) is 3.69. The minimum Gasteiger partial charge on any atom is -0.444 e. The number of carbonyl (C=O) groups is 1. The summed E-state index contributed by atoms with van der Waals surface area (Å²) >= 11 is 0. The van der Waals surface area contributed by atoms with E-state index >= 15 is 0 Å². The smallest absolute Gasteiger partial charge is 0.407 e. The van der Waals surface area contributed by atoms with Gasteiger partial charge in [-0.15, -0.1) is 0 Å². The molecule has 132 valence electrons. The highest BCUT2D eigenvalue weighted by Gasteiger charge is 2.33. The topological polar surface area (TPSA) is 53.6 Å². The zero-order valence-corrected chi connectivity index (χ0v) is 15.0. The first-order valence-corrected chi connectivity index (χ1v) is 8.93. The van der Waals surface area contributed by atoms with E-state index in [1.165, 1.54) is 11.1 Å². The third-order valence-corrected chi connectivity index (χ3v) is 4.78. The van der Waals surface area contributed by atoms with Gasteiger partial charge in [-0.2, -0.15) is 0 Å². The van der Waals surface area contributed by atoms with Crippen LogP contribution in [-0.4, -0.2) is 48.3 Å². The lowest BCUT2D eigenvalue weighted by atomic mass is 9.93. The van der Waals surface area contributed by atoms with E-state index in [1.54, 1.807) is 0 Å². The number of nitrogens with one attached hydrogen (secondary N) is 2. The first kappa shape index (κ1) is 17.2. The van der Waals surface area contributed by atoms with Gasteiger partial charge in [0, 0.05) is 25.7 Å². The molecule has 2 atom stereocenters. The van der Waals surface area contributed by atoms with Gasteiger partial charge in [-0.1, -0.05) is 24.3 Å². The monoisotopic (exact) mass is 331 g/mol. The van der Waals surface area contributed by atoms with Crippen LogP contribution in [0.15, 0.2) is 24.3 Å². The molecule has 0 bridgehead atoms. The second-order valence-corrected chi connectivity index (χ2v) is 7.80. The molecule has 0 radical (unpaired) electrons. The predicted molar refractivity (Wildman–Crippen MR) is 95.0 cm³/mol. The van der Waals surface area contributed by atoms with Gasteiger partial charge < -0.3 is 15.4 Å². The average Bonchev–Trinajstić information content (AvgIpc) is 2.53. The van der Waals surface area contributed by atoms with Crippen molar-refractivity contribution in [2.24, 2.45) is 0 Å². The molecule has 0 aromatic heterocycles. The molecule has 2 aliphatic heterocycles. The molecule has 1 aromatic rings. The molecule has 0 aliphatic carbocycles. The minimum atomic E-state index is -0.467. The normalized spacial score (nSPS) is 25.0. The van der Waals surface area contributed by atoms with Crippen molar-refractivity contribution in [2.45, 2.75) is 57.8 Å². The van der Waals surface area contributed by atoms with Crippen molar-refractivity contribution in [1.82, 2.24) is 15.5 Å². The largest absolute Gasteiger partial charge is 0.444 e. The second-order valence-electron chi connectivity index (χ2n) is 7.80. The van der Waals surface area contributed by atoms with Crippen molar-refractivity contribution < 1.29 is 9.53 Å². The number of amides is 1. The fourth-order valence-corrected chi connectivity index (χ4v) is 3.69. The third kappa shape index (κ3) is 4.28. The zero-order chi connectivity index (χ0) is 17.2. The Morgan fingerprint density at radius 3 is 2.79 bits per heavy atom. The summed E-state index contributed by atoms with van der Waals surface area (Å²) in [4.78, 5) is 14.7. The van der Waals surface area contributed by atoms with Gasteiger partial charge in [0.05, 0.1) is 6.04 Å². The van der Waals surface area contributed by atoms with E-state index in [2.05, 4.69) is 39.8 Å². The van der Waals surface area contributed by atoms with E-state index in [9.17, 15) is 4.79 Å². The van der Waals surface area contributed by atoms with Crippen LogP contribution in [-0.2, 0) is 17.7 Å². The SMILES string of the molecule is CC(C)(C)OC(=O)NC1CNCCC1N1CCc2ccccc2C1. The maximum Gasteiger partial charge on any atom is 0.407 e. The van der Waals surface area contributed by atoms with Gasteiger partial charge in [0.15, 0.2) is 0 Å². The summed E-state index contributed by atoms with van der Waals surface area (Å²) in [6.07, 6.45) is 1.81. The van der Waals surface area contributed by atoms with Crippen molar-refractivity contribution >= 4 is 6.09 Å². The van der Waals surface area contributed by atoms with E-state index < -0.39 is 5.60 Å². The number of ether oxygens (including phenoxy) is 1. The van der Waals surface area contributed by atoms with E-state index in [0.717, 1.165) is 39.0 Å². The van der Waals surface area contributed by atoms with Gasteiger partial charge in [-0.05, 0) is 51.3 Å². The molecule has 2 heterocycles. The first-order valence-electron chi connectivity index (χ1n) is 8.93. The Balaban J connectivity index is 1.66. The van der Waals surface area contributed by atoms with Crippen LogP contribution in [0, 0.1) is 0 Å². The predicted octanol–water partition coefficient (Wildman–Crippen LogP) is 2.30. The standard InChI is InChI=1S/C19H29N3O2/c1-19(2,3)24-18(23)21-16-12-20-10-8-17(16)22-11-9-14-6-4-5-7-15(14)13-22/h4-7,16-17,20H,8-13H2,1-3H3,(H,21,23). The lowest BCUT2D eigenvalue weighted by Gasteiger charge is -2.42. The Morgan fingerprint density at radius 2 is 2.04 bits per heavy atom. The zero-order valence-electron chi connectivity index (χ0n) is 15.0. The molecular formula is C19H29N3O2. The maximum atomic E-state index is 12.2. The molecule has 5 heteroatoms. The van der Waals surface area contributed by atoms with Gasteiger partial charge in [0.25, 0.3) is 0 Å². The highest BCUT2D eigenvalue weighted by molar-refractivity contribution is 5.68. The number of piperidine rings is 1. The van der Waals surface area contributed by atoms with Gasteiger partial charge in [-0.25, -0.2) is 4.79 Å². The summed E-state index contributed by atoms with van der Waals surface area (Å²) < 4.78 is 5.44. The highest BCUT2D eigenvalue weighted by Crippen LogP contribution is 2.23. The number of hydrogen-bond donors (Lipinski definition) is 2. The van der Waals surface area contributed by atoms with E-state index in [-0.39, 0.29) is 12.1 Å². The lowest BCUT2D eigenvalue weighted by molar-refractivity contribution is 0.0424. The summed E-state index contributed by atoms with van der Waals surface area (Å²) in [5.74, 6) is 0. The quantitative estimate of drug-likeness (QED) is 0.873. The number of benzene rings is 1. The Labute approximate surface area is 144 Å². The van der Waals surface area contributed by atoms with Crippen LogP contribution in [0.2, 0.25) is 0 Å².